The molecule has 0 amide bonds. The van der Waals surface area contributed by atoms with E-state index in [1.165, 1.54) is 0 Å². The molecule has 5 aliphatic rings. The monoisotopic (exact) mass is 420 g/mol. The molecule has 4 saturated carbocycles. The van der Waals surface area contributed by atoms with Crippen molar-refractivity contribution in [2.75, 3.05) is 6.61 Å². The van der Waals surface area contributed by atoms with Gasteiger partial charge < -0.3 is 14.2 Å². The summed E-state index contributed by atoms with van der Waals surface area (Å²) in [5, 5.41) is 0. The summed E-state index contributed by atoms with van der Waals surface area (Å²) < 4.78 is 17.3. The summed E-state index contributed by atoms with van der Waals surface area (Å²) in [7, 11) is 0. The van der Waals surface area contributed by atoms with Crippen molar-refractivity contribution in [2.24, 2.45) is 29.1 Å². The smallest absolute Gasteiger partial charge is 0.313 e. The van der Waals surface area contributed by atoms with Crippen LogP contribution >= 0.6 is 0 Å². The maximum Gasteiger partial charge on any atom is 0.313 e. The van der Waals surface area contributed by atoms with E-state index in [1.807, 2.05) is 20.8 Å². The second-order valence-corrected chi connectivity index (χ2v) is 10.7. The van der Waals surface area contributed by atoms with Crippen molar-refractivity contribution in [3.63, 3.8) is 0 Å². The van der Waals surface area contributed by atoms with Crippen molar-refractivity contribution in [2.45, 2.75) is 96.9 Å². The first-order valence-corrected chi connectivity index (χ1v) is 11.8. The third-order valence-corrected chi connectivity index (χ3v) is 7.77. The second-order valence-electron chi connectivity index (χ2n) is 10.7. The largest absolute Gasteiger partial charge is 0.459 e. The van der Waals surface area contributed by atoms with Gasteiger partial charge in [0.15, 0.2) is 0 Å². The van der Waals surface area contributed by atoms with Crippen molar-refractivity contribution >= 4 is 17.7 Å². The van der Waals surface area contributed by atoms with Gasteiger partial charge in [-0.2, -0.15) is 0 Å². The standard InChI is InChI=1S/C24H36O6/c1-4-16(12-23(2,3)22(27)29-19-7-5-6-8-28-19)21(26)30-24-11-15-9-17(13-24)20(25)18(10-15)14-24/h15-19H,4-14H2,1-3H3. The molecule has 4 bridgehead atoms. The molecule has 5 fully saturated rings. The molecule has 0 N–H and O–H groups in total. The predicted octanol–water partition coefficient (Wildman–Crippen LogP) is 4.19. The minimum absolute atomic E-state index is 0.0750. The van der Waals surface area contributed by atoms with Crippen LogP contribution in [0.3, 0.4) is 0 Å². The Morgan fingerprint density at radius 3 is 2.47 bits per heavy atom. The van der Waals surface area contributed by atoms with Crippen LogP contribution in [0.1, 0.15) is 85.0 Å². The van der Waals surface area contributed by atoms with Gasteiger partial charge in [-0.25, -0.2) is 0 Å². The minimum atomic E-state index is -0.794. The first-order valence-electron chi connectivity index (χ1n) is 11.8. The molecule has 168 valence electrons. The van der Waals surface area contributed by atoms with Crippen molar-refractivity contribution in [3.8, 4) is 0 Å². The molecule has 6 heteroatoms. The number of carbonyl (C=O) groups excluding carboxylic acids is 3. The van der Waals surface area contributed by atoms with Crippen LogP contribution in [-0.2, 0) is 28.6 Å². The highest BCUT2D eigenvalue weighted by atomic mass is 16.7. The van der Waals surface area contributed by atoms with Gasteiger partial charge in [-0.05, 0) is 77.6 Å². The van der Waals surface area contributed by atoms with Gasteiger partial charge in [0.25, 0.3) is 0 Å². The van der Waals surface area contributed by atoms with Crippen LogP contribution in [0.4, 0.5) is 0 Å². The van der Waals surface area contributed by atoms with Gasteiger partial charge in [0.05, 0.1) is 17.9 Å². The molecule has 0 radical (unpaired) electrons. The van der Waals surface area contributed by atoms with Crippen LogP contribution in [-0.4, -0.2) is 36.2 Å². The number of ether oxygens (including phenoxy) is 3. The van der Waals surface area contributed by atoms with Gasteiger partial charge in [-0.1, -0.05) is 6.92 Å². The zero-order valence-electron chi connectivity index (χ0n) is 18.6. The molecule has 4 unspecified atom stereocenters. The molecular weight excluding hydrogens is 384 g/mol. The quantitative estimate of drug-likeness (QED) is 0.575. The molecule has 30 heavy (non-hydrogen) atoms. The Balaban J connectivity index is 1.36. The number of carbonyl (C=O) groups is 3. The van der Waals surface area contributed by atoms with E-state index in [1.54, 1.807) is 0 Å². The summed E-state index contributed by atoms with van der Waals surface area (Å²) in [5.41, 5.74) is -1.26. The molecule has 0 aromatic heterocycles. The Labute approximate surface area is 179 Å². The molecular formula is C24H36O6. The SMILES string of the molecule is CCC(CC(C)(C)C(=O)OC1CCCCO1)C(=O)OC12CC3CC(C1)C(=O)C(C3)C2. The van der Waals surface area contributed by atoms with Crippen LogP contribution in [0.5, 0.6) is 0 Å². The number of hydrogen-bond acceptors (Lipinski definition) is 6. The van der Waals surface area contributed by atoms with Crippen molar-refractivity contribution in [1.29, 1.82) is 0 Å². The zero-order valence-corrected chi connectivity index (χ0v) is 18.6. The van der Waals surface area contributed by atoms with E-state index in [-0.39, 0.29) is 29.7 Å². The van der Waals surface area contributed by atoms with Crippen LogP contribution in [0, 0.1) is 29.1 Å². The number of esters is 2. The summed E-state index contributed by atoms with van der Waals surface area (Å²) in [4.78, 5) is 38.3. The molecule has 0 aromatic carbocycles. The average molecular weight is 421 g/mol. The van der Waals surface area contributed by atoms with E-state index in [2.05, 4.69) is 0 Å². The Morgan fingerprint density at radius 1 is 1.17 bits per heavy atom. The van der Waals surface area contributed by atoms with Crippen molar-refractivity contribution < 1.29 is 28.6 Å². The number of Topliss-reactive ketones (excluding diaryl/α,β-unsaturated/α-hetero) is 1. The molecule has 4 atom stereocenters. The lowest BCUT2D eigenvalue weighted by Gasteiger charge is -2.54. The fourth-order valence-electron chi connectivity index (χ4n) is 6.27. The first kappa shape index (κ1) is 21.8. The fraction of sp³-hybridized carbons (Fsp3) is 0.875. The van der Waals surface area contributed by atoms with Gasteiger partial charge in [-0.3, -0.25) is 14.4 Å². The molecule has 1 aliphatic heterocycles. The third kappa shape index (κ3) is 4.30. The fourth-order valence-corrected chi connectivity index (χ4v) is 6.27. The molecule has 5 rings (SSSR count). The maximum atomic E-state index is 13.1. The van der Waals surface area contributed by atoms with E-state index >= 15 is 0 Å². The normalized spacial score (nSPS) is 36.4. The predicted molar refractivity (Wildman–Crippen MR) is 109 cm³/mol. The van der Waals surface area contributed by atoms with E-state index in [9.17, 15) is 14.4 Å². The van der Waals surface area contributed by atoms with Crippen molar-refractivity contribution in [1.82, 2.24) is 0 Å². The summed E-state index contributed by atoms with van der Waals surface area (Å²) >= 11 is 0. The van der Waals surface area contributed by atoms with E-state index in [0.29, 0.717) is 44.0 Å². The van der Waals surface area contributed by atoms with Gasteiger partial charge in [0, 0.05) is 18.3 Å². The Bertz CT molecular complexity index is 674. The first-order chi connectivity index (χ1) is 14.2. The Kier molecular flexibility index (Phi) is 5.99. The van der Waals surface area contributed by atoms with Crippen LogP contribution in [0.25, 0.3) is 0 Å². The van der Waals surface area contributed by atoms with Gasteiger partial charge in [0.1, 0.15) is 11.4 Å². The Morgan fingerprint density at radius 2 is 1.87 bits per heavy atom. The highest BCUT2D eigenvalue weighted by Gasteiger charge is 2.57. The van der Waals surface area contributed by atoms with Crippen LogP contribution in [0.2, 0.25) is 0 Å². The van der Waals surface area contributed by atoms with E-state index < -0.39 is 17.3 Å². The minimum Gasteiger partial charge on any atom is -0.459 e. The van der Waals surface area contributed by atoms with Gasteiger partial charge in [-0.15, -0.1) is 0 Å². The molecule has 0 spiro atoms. The molecule has 4 aliphatic carbocycles. The molecule has 1 saturated heterocycles. The van der Waals surface area contributed by atoms with Crippen molar-refractivity contribution in [3.05, 3.63) is 0 Å². The number of rotatable bonds is 7. The lowest BCUT2D eigenvalue weighted by molar-refractivity contribution is -0.199. The Hall–Kier alpha value is -1.43. The summed E-state index contributed by atoms with van der Waals surface area (Å²) in [6.07, 6.45) is 7.44. The van der Waals surface area contributed by atoms with E-state index in [0.717, 1.165) is 38.5 Å². The summed E-state index contributed by atoms with van der Waals surface area (Å²) in [6.45, 7) is 6.24. The second kappa shape index (κ2) is 8.25. The highest BCUT2D eigenvalue weighted by molar-refractivity contribution is 5.86. The van der Waals surface area contributed by atoms with Crippen LogP contribution in [0.15, 0.2) is 0 Å². The number of hydrogen-bond donors (Lipinski definition) is 0. The lowest BCUT2D eigenvalue weighted by Crippen LogP contribution is -2.57. The van der Waals surface area contributed by atoms with Gasteiger partial charge in [0.2, 0.25) is 6.29 Å². The molecule has 6 nitrogen and oxygen atoms in total. The average Bonchev–Trinajstić information content (AvgIpc) is 2.70. The highest BCUT2D eigenvalue weighted by Crippen LogP contribution is 2.55. The third-order valence-electron chi connectivity index (χ3n) is 7.77. The van der Waals surface area contributed by atoms with Crippen LogP contribution < -0.4 is 0 Å². The zero-order chi connectivity index (χ0) is 21.5. The lowest BCUT2D eigenvalue weighted by atomic mass is 9.53. The summed E-state index contributed by atoms with van der Waals surface area (Å²) in [5.74, 6) is 0.150. The topological polar surface area (TPSA) is 78.9 Å². The maximum absolute atomic E-state index is 13.1. The van der Waals surface area contributed by atoms with E-state index in [4.69, 9.17) is 14.2 Å². The molecule has 1 heterocycles. The molecule has 0 aromatic rings. The number of ketones is 1. The van der Waals surface area contributed by atoms with Gasteiger partial charge >= 0.3 is 11.9 Å². The summed E-state index contributed by atoms with van der Waals surface area (Å²) in [6, 6.07) is 0.